The summed E-state index contributed by atoms with van der Waals surface area (Å²) in [6, 6.07) is 8.26. The summed E-state index contributed by atoms with van der Waals surface area (Å²) in [5.74, 6) is -0.794. The van der Waals surface area contributed by atoms with Crippen molar-refractivity contribution in [2.24, 2.45) is 0 Å². The number of ether oxygens (including phenoxy) is 2. The lowest BCUT2D eigenvalue weighted by atomic mass is 9.78. The first-order chi connectivity index (χ1) is 22.2. The van der Waals surface area contributed by atoms with E-state index in [0.29, 0.717) is 67.0 Å². The number of carbonyl (C=O) groups is 1. The van der Waals surface area contributed by atoms with Gasteiger partial charge >= 0.3 is 13.1 Å². The zero-order valence-corrected chi connectivity index (χ0v) is 26.0. The number of piperazine rings is 1. The van der Waals surface area contributed by atoms with Gasteiger partial charge in [-0.05, 0) is 49.4 Å². The van der Waals surface area contributed by atoms with Crippen LogP contribution in [0.1, 0.15) is 74.0 Å². The molecule has 1 saturated carbocycles. The Hall–Kier alpha value is -4.01. The third-order valence-corrected chi connectivity index (χ3v) is 8.97. The molecule has 2 aliphatic heterocycles. The van der Waals surface area contributed by atoms with E-state index in [1.165, 1.54) is 6.07 Å². The van der Waals surface area contributed by atoms with E-state index in [0.717, 1.165) is 19.3 Å². The molecule has 3 heterocycles. The van der Waals surface area contributed by atoms with E-state index in [9.17, 15) is 24.7 Å². The highest BCUT2D eigenvalue weighted by atomic mass is 19.1. The minimum Gasteiger partial charge on any atom is -0.475 e. The fraction of sp³-hybridized carbons (Fsp3) is 0.500. The number of benzene rings is 2. The summed E-state index contributed by atoms with van der Waals surface area (Å²) in [6.45, 7) is 5.86. The van der Waals surface area contributed by atoms with Gasteiger partial charge < -0.3 is 28.6 Å². The van der Waals surface area contributed by atoms with E-state index < -0.39 is 41.9 Å². The molecule has 14 heteroatoms. The van der Waals surface area contributed by atoms with Gasteiger partial charge in [0.2, 0.25) is 12.0 Å². The van der Waals surface area contributed by atoms with Gasteiger partial charge in [-0.1, -0.05) is 32.4 Å². The number of nitrogens with zero attached hydrogens (tertiary/aromatic N) is 4. The molecule has 0 amide bonds. The van der Waals surface area contributed by atoms with Crippen LogP contribution in [0, 0.1) is 15.9 Å². The third-order valence-electron chi connectivity index (χ3n) is 8.97. The molecular formula is C32H38BFN4O8. The Morgan fingerprint density at radius 1 is 1.22 bits per heavy atom. The predicted molar refractivity (Wildman–Crippen MR) is 170 cm³/mol. The van der Waals surface area contributed by atoms with E-state index in [1.54, 1.807) is 30.5 Å². The number of anilines is 1. The van der Waals surface area contributed by atoms with Crippen molar-refractivity contribution in [3.8, 4) is 5.75 Å². The molecule has 2 unspecified atom stereocenters. The minimum atomic E-state index is -1.32. The molecule has 3 aliphatic rings. The number of pyridine rings is 1. The van der Waals surface area contributed by atoms with Gasteiger partial charge in [-0.3, -0.25) is 19.8 Å². The molecule has 0 spiro atoms. The molecule has 0 bridgehead atoms. The number of carbonyl (C=O) groups excluding carboxylic acids is 1. The topological polar surface area (TPSA) is 137 Å². The van der Waals surface area contributed by atoms with Gasteiger partial charge in [0, 0.05) is 54.2 Å². The monoisotopic (exact) mass is 636 g/mol. The highest BCUT2D eigenvalue weighted by Gasteiger charge is 2.41. The predicted octanol–water partition coefficient (Wildman–Crippen LogP) is 3.41. The molecule has 2 fully saturated rings. The van der Waals surface area contributed by atoms with Crippen LogP contribution in [0.3, 0.4) is 0 Å². The van der Waals surface area contributed by atoms with E-state index in [2.05, 4.69) is 4.90 Å². The van der Waals surface area contributed by atoms with Gasteiger partial charge in [0.05, 0.1) is 17.8 Å². The van der Waals surface area contributed by atoms with E-state index in [-0.39, 0.29) is 29.8 Å². The van der Waals surface area contributed by atoms with Crippen LogP contribution in [0.15, 0.2) is 41.3 Å². The van der Waals surface area contributed by atoms with E-state index in [1.807, 2.05) is 23.3 Å². The zero-order valence-electron chi connectivity index (χ0n) is 26.0. The second kappa shape index (κ2) is 13.4. The standard InChI is InChI=1S/C32H38BFN4O8/c1-3-5-15-44-32(40)23-18-37(20-9-10-20)25-17-26(24(34)16-22(25)31(23)39)35-11-13-36(14-12-35)29(4-2)45-27-8-6-7-21-28(19-38(42)43)46-33(41)30(21)27/h6-8,16-18,20,28-29,41H,3-5,9-15,19H2,1-2H3. The molecule has 12 nitrogen and oxygen atoms in total. The van der Waals surface area contributed by atoms with Crippen LogP contribution in [0.2, 0.25) is 0 Å². The van der Waals surface area contributed by atoms with Crippen molar-refractivity contribution in [2.75, 3.05) is 44.2 Å². The summed E-state index contributed by atoms with van der Waals surface area (Å²) in [7, 11) is -1.32. The van der Waals surface area contributed by atoms with Gasteiger partial charge in [0.25, 0.3) is 0 Å². The largest absolute Gasteiger partial charge is 0.496 e. The lowest BCUT2D eigenvalue weighted by Gasteiger charge is -2.40. The van der Waals surface area contributed by atoms with Crippen LogP contribution in [0.25, 0.3) is 10.9 Å². The first-order valence-electron chi connectivity index (χ1n) is 16.0. The van der Waals surface area contributed by atoms with Crippen molar-refractivity contribution in [2.45, 2.75) is 64.3 Å². The highest BCUT2D eigenvalue weighted by Crippen LogP contribution is 2.38. The van der Waals surface area contributed by atoms with Gasteiger partial charge in [-0.15, -0.1) is 0 Å². The molecule has 1 N–H and O–H groups in total. The Morgan fingerprint density at radius 2 is 1.98 bits per heavy atom. The van der Waals surface area contributed by atoms with Crippen molar-refractivity contribution >= 4 is 35.1 Å². The Bertz CT molecular complexity index is 1690. The van der Waals surface area contributed by atoms with Crippen molar-refractivity contribution in [3.63, 3.8) is 0 Å². The molecule has 2 atom stereocenters. The molecule has 3 aromatic rings. The lowest BCUT2D eigenvalue weighted by molar-refractivity contribution is -0.490. The molecule has 0 radical (unpaired) electrons. The van der Waals surface area contributed by atoms with Crippen LogP contribution in [-0.4, -0.2) is 78.1 Å². The summed E-state index contributed by atoms with van der Waals surface area (Å²) in [5, 5.41) is 21.8. The maximum atomic E-state index is 15.7. The maximum Gasteiger partial charge on any atom is 0.496 e. The number of halogens is 1. The molecular weight excluding hydrogens is 598 g/mol. The maximum absolute atomic E-state index is 15.7. The SMILES string of the molecule is CCCCOC(=O)c1cn(C2CC2)c2cc(N3CCN(C(CC)Oc4cccc5c4B(O)OC5C[N+](=O)[O-])CC3)c(F)cc2c1=O. The third kappa shape index (κ3) is 6.33. The smallest absolute Gasteiger partial charge is 0.475 e. The number of unbranched alkanes of at least 4 members (excludes halogenated alkanes) is 1. The van der Waals surface area contributed by atoms with Gasteiger partial charge in [-0.2, -0.15) is 0 Å². The summed E-state index contributed by atoms with van der Waals surface area (Å²) in [4.78, 5) is 40.8. The molecule has 6 rings (SSSR count). The quantitative estimate of drug-likeness (QED) is 0.104. The number of rotatable bonds is 12. The summed E-state index contributed by atoms with van der Waals surface area (Å²) >= 11 is 0. The Kier molecular flexibility index (Phi) is 9.30. The van der Waals surface area contributed by atoms with Crippen LogP contribution >= 0.6 is 0 Å². The molecule has 2 aromatic carbocycles. The van der Waals surface area contributed by atoms with Crippen LogP contribution < -0.4 is 20.5 Å². The van der Waals surface area contributed by atoms with Crippen LogP contribution in [-0.2, 0) is 9.39 Å². The van der Waals surface area contributed by atoms with Gasteiger partial charge in [-0.25, -0.2) is 9.18 Å². The minimum absolute atomic E-state index is 0.0710. The highest BCUT2D eigenvalue weighted by molar-refractivity contribution is 6.62. The Balaban J connectivity index is 1.19. The summed E-state index contributed by atoms with van der Waals surface area (Å²) in [5.41, 5.74) is 1.34. The van der Waals surface area contributed by atoms with Crippen molar-refractivity contribution in [3.05, 3.63) is 73.8 Å². The first kappa shape index (κ1) is 32.0. The average molecular weight is 636 g/mol. The number of hydrogen-bond donors (Lipinski definition) is 1. The summed E-state index contributed by atoms with van der Waals surface area (Å²) in [6.07, 6.45) is 4.37. The molecule has 1 aromatic heterocycles. The van der Waals surface area contributed by atoms with E-state index >= 15 is 4.39 Å². The van der Waals surface area contributed by atoms with Crippen LogP contribution in [0.4, 0.5) is 10.1 Å². The number of hydrogen-bond acceptors (Lipinski definition) is 10. The van der Waals surface area contributed by atoms with Crippen LogP contribution in [0.5, 0.6) is 5.75 Å². The van der Waals surface area contributed by atoms with Crippen molar-refractivity contribution in [1.29, 1.82) is 0 Å². The zero-order chi connectivity index (χ0) is 32.5. The van der Waals surface area contributed by atoms with Gasteiger partial charge in [0.1, 0.15) is 23.2 Å². The molecule has 244 valence electrons. The Labute approximate surface area is 265 Å². The van der Waals surface area contributed by atoms with Gasteiger partial charge in [0.15, 0.2) is 6.23 Å². The van der Waals surface area contributed by atoms with Crippen molar-refractivity contribution in [1.82, 2.24) is 9.47 Å². The first-order valence-corrected chi connectivity index (χ1v) is 16.0. The van der Waals surface area contributed by atoms with E-state index in [4.69, 9.17) is 14.1 Å². The summed E-state index contributed by atoms with van der Waals surface area (Å²) < 4.78 is 34.7. The fourth-order valence-corrected chi connectivity index (χ4v) is 6.38. The second-order valence-electron chi connectivity index (χ2n) is 12.1. The number of aromatic nitrogens is 1. The lowest BCUT2D eigenvalue weighted by Crippen LogP contribution is -2.52. The normalized spacial score (nSPS) is 18.9. The average Bonchev–Trinajstić information content (AvgIpc) is 3.84. The molecule has 1 saturated heterocycles. The number of fused-ring (bicyclic) bond motifs is 2. The molecule has 1 aliphatic carbocycles. The Morgan fingerprint density at radius 3 is 2.65 bits per heavy atom. The number of esters is 1. The number of nitro groups is 1. The second-order valence-corrected chi connectivity index (χ2v) is 12.1. The van der Waals surface area contributed by atoms with Crippen molar-refractivity contribution < 1.29 is 33.3 Å². The molecule has 46 heavy (non-hydrogen) atoms. The fourth-order valence-electron chi connectivity index (χ4n) is 6.38.